The highest BCUT2D eigenvalue weighted by Gasteiger charge is 2.32. The number of anilines is 1. The number of hydrogen-bond acceptors (Lipinski definition) is 5. The molecular weight excluding hydrogens is 492 g/mol. The summed E-state index contributed by atoms with van der Waals surface area (Å²) in [6, 6.07) is 9.17. The van der Waals surface area contributed by atoms with E-state index in [1.807, 2.05) is 0 Å². The van der Waals surface area contributed by atoms with Crippen LogP contribution in [0.2, 0.25) is 0 Å². The molecule has 4 rings (SSSR count). The molecule has 1 heterocycles. The second-order valence-electron chi connectivity index (χ2n) is 8.80. The van der Waals surface area contributed by atoms with Gasteiger partial charge in [0.05, 0.1) is 5.56 Å². The van der Waals surface area contributed by atoms with E-state index < -0.39 is 35.3 Å². The minimum absolute atomic E-state index is 0.0156. The minimum Gasteiger partial charge on any atom is -0.486 e. The number of pyridine rings is 1. The van der Waals surface area contributed by atoms with Crippen LogP contribution in [0.5, 0.6) is 5.75 Å². The van der Waals surface area contributed by atoms with Crippen LogP contribution in [0.15, 0.2) is 48.7 Å². The van der Waals surface area contributed by atoms with E-state index in [-0.39, 0.29) is 42.3 Å². The molecule has 11 heteroatoms. The molecule has 1 aliphatic carbocycles. The van der Waals surface area contributed by atoms with Crippen molar-refractivity contribution in [2.75, 3.05) is 5.32 Å². The Kier molecular flexibility index (Phi) is 7.44. The van der Waals surface area contributed by atoms with E-state index in [4.69, 9.17) is 16.2 Å². The molecule has 0 spiro atoms. The molecule has 0 aliphatic heterocycles. The van der Waals surface area contributed by atoms with Gasteiger partial charge in [0.15, 0.2) is 11.6 Å². The van der Waals surface area contributed by atoms with Crippen LogP contribution in [-0.4, -0.2) is 16.8 Å². The van der Waals surface area contributed by atoms with Gasteiger partial charge >= 0.3 is 6.18 Å². The van der Waals surface area contributed by atoms with E-state index >= 15 is 0 Å². The zero-order valence-electron chi connectivity index (χ0n) is 19.6. The number of amides is 2. The number of primary amides is 1. The lowest BCUT2D eigenvalue weighted by atomic mass is 9.83. The fourth-order valence-electron chi connectivity index (χ4n) is 4.24. The molecule has 0 radical (unpaired) electrons. The smallest absolute Gasteiger partial charge is 0.416 e. The van der Waals surface area contributed by atoms with Gasteiger partial charge in [-0.15, -0.1) is 0 Å². The van der Waals surface area contributed by atoms with Crippen molar-refractivity contribution in [1.29, 1.82) is 0 Å². The first-order valence-corrected chi connectivity index (χ1v) is 11.4. The minimum atomic E-state index is -4.58. The molecule has 0 saturated carbocycles. The van der Waals surface area contributed by atoms with E-state index in [1.165, 1.54) is 30.5 Å². The monoisotopic (exact) mass is 516 g/mol. The Morgan fingerprint density at radius 2 is 1.86 bits per heavy atom. The maximum absolute atomic E-state index is 14.6. The lowest BCUT2D eigenvalue weighted by molar-refractivity contribution is -0.137. The van der Waals surface area contributed by atoms with Gasteiger partial charge in [-0.1, -0.05) is 0 Å². The number of ether oxygens (including phenoxy) is 1. The van der Waals surface area contributed by atoms with Crippen LogP contribution in [0, 0.1) is 11.7 Å². The van der Waals surface area contributed by atoms with Crippen molar-refractivity contribution in [2.24, 2.45) is 17.4 Å². The molecule has 1 unspecified atom stereocenters. The number of carbonyl (C=O) groups is 2. The lowest BCUT2D eigenvalue weighted by Crippen LogP contribution is -2.28. The molecule has 37 heavy (non-hydrogen) atoms. The lowest BCUT2D eigenvalue weighted by Gasteiger charge is -2.25. The largest absolute Gasteiger partial charge is 0.486 e. The highest BCUT2D eigenvalue weighted by molar-refractivity contribution is 5.93. The number of fused-ring (bicyclic) bond motifs is 1. The Hall–Kier alpha value is -3.99. The van der Waals surface area contributed by atoms with Gasteiger partial charge in [-0.05, 0) is 84.0 Å². The third-order valence-corrected chi connectivity index (χ3v) is 6.15. The number of carbonyl (C=O) groups excluding carboxylic acids is 2. The summed E-state index contributed by atoms with van der Waals surface area (Å²) in [5, 5.41) is 2.57. The number of aromatic nitrogens is 1. The van der Waals surface area contributed by atoms with Crippen LogP contribution in [0.1, 0.15) is 44.7 Å². The number of nitrogens with zero attached hydrogens (tertiary/aromatic N) is 1. The van der Waals surface area contributed by atoms with Crippen LogP contribution >= 0.6 is 0 Å². The van der Waals surface area contributed by atoms with Crippen molar-refractivity contribution in [2.45, 2.75) is 38.6 Å². The van der Waals surface area contributed by atoms with Crippen LogP contribution in [-0.2, 0) is 37.0 Å². The summed E-state index contributed by atoms with van der Waals surface area (Å²) < 4.78 is 59.9. The Morgan fingerprint density at radius 1 is 1.08 bits per heavy atom. The maximum atomic E-state index is 14.6. The maximum Gasteiger partial charge on any atom is 0.416 e. The number of nitrogens with one attached hydrogen (secondary N) is 1. The molecule has 2 aromatic carbocycles. The molecule has 1 aliphatic rings. The van der Waals surface area contributed by atoms with Crippen molar-refractivity contribution >= 4 is 17.5 Å². The van der Waals surface area contributed by atoms with Gasteiger partial charge in [0.1, 0.15) is 12.3 Å². The summed E-state index contributed by atoms with van der Waals surface area (Å²) in [6.07, 6.45) is -2.08. The molecule has 1 atom stereocenters. The van der Waals surface area contributed by atoms with Gasteiger partial charge < -0.3 is 21.5 Å². The molecule has 7 nitrogen and oxygen atoms in total. The van der Waals surface area contributed by atoms with Crippen LogP contribution < -0.4 is 21.5 Å². The molecule has 0 saturated heterocycles. The van der Waals surface area contributed by atoms with Gasteiger partial charge in [0.25, 0.3) is 5.91 Å². The molecule has 1 aromatic heterocycles. The predicted octanol–water partition coefficient (Wildman–Crippen LogP) is 4.12. The predicted molar refractivity (Wildman–Crippen MR) is 127 cm³/mol. The van der Waals surface area contributed by atoms with Crippen LogP contribution in [0.3, 0.4) is 0 Å². The summed E-state index contributed by atoms with van der Waals surface area (Å²) >= 11 is 0. The van der Waals surface area contributed by atoms with E-state index in [2.05, 4.69) is 10.3 Å². The number of aryl methyl sites for hydroxylation is 1. The molecule has 0 bridgehead atoms. The van der Waals surface area contributed by atoms with Gasteiger partial charge in [-0.2, -0.15) is 13.2 Å². The summed E-state index contributed by atoms with van der Waals surface area (Å²) in [5.74, 6) is -2.25. The van der Waals surface area contributed by atoms with E-state index in [9.17, 15) is 27.2 Å². The standard InChI is InChI=1S/C26H24F4N4O3/c27-21-9-16-1-2-17(25(36)34-20-6-15(12-31)5-19(11-20)26(28,29)30)8-18(16)10-23(21)37-13-14-3-4-33-22(7-14)24(32)35/h3-7,9-11,17H,1-2,8,12-13,31H2,(H2,32,35)(H,34,36). The summed E-state index contributed by atoms with van der Waals surface area (Å²) in [5.41, 5.74) is 12.2. The van der Waals surface area contributed by atoms with E-state index in [1.54, 1.807) is 6.07 Å². The van der Waals surface area contributed by atoms with Crippen LogP contribution in [0.25, 0.3) is 0 Å². The Morgan fingerprint density at radius 3 is 2.57 bits per heavy atom. The first-order valence-electron chi connectivity index (χ1n) is 11.4. The molecule has 3 aromatic rings. The third-order valence-electron chi connectivity index (χ3n) is 6.15. The number of alkyl halides is 3. The van der Waals surface area contributed by atoms with E-state index in [0.717, 1.165) is 17.7 Å². The molecule has 0 fully saturated rings. The van der Waals surface area contributed by atoms with Gasteiger partial charge in [-0.25, -0.2) is 4.39 Å². The fourth-order valence-corrected chi connectivity index (χ4v) is 4.24. The summed E-state index contributed by atoms with van der Waals surface area (Å²) in [4.78, 5) is 28.1. The number of rotatable bonds is 7. The average molecular weight is 516 g/mol. The first-order chi connectivity index (χ1) is 17.5. The Balaban J connectivity index is 1.47. The number of nitrogens with two attached hydrogens (primary N) is 2. The number of benzene rings is 2. The van der Waals surface area contributed by atoms with Gasteiger partial charge in [0, 0.05) is 24.3 Å². The first kappa shape index (κ1) is 26.1. The summed E-state index contributed by atoms with van der Waals surface area (Å²) in [7, 11) is 0. The molecule has 5 N–H and O–H groups in total. The second kappa shape index (κ2) is 10.6. The van der Waals surface area contributed by atoms with Crippen molar-refractivity contribution < 1.29 is 31.9 Å². The van der Waals surface area contributed by atoms with Gasteiger partial charge in [0.2, 0.25) is 5.91 Å². The normalized spacial score (nSPS) is 15.1. The molecule has 2 amide bonds. The molecular formula is C26H24F4N4O3. The number of hydrogen-bond donors (Lipinski definition) is 3. The fraction of sp³-hybridized carbons (Fsp3) is 0.269. The Bertz CT molecular complexity index is 1340. The Labute approximate surface area is 209 Å². The average Bonchev–Trinajstić information content (AvgIpc) is 2.86. The van der Waals surface area contributed by atoms with Crippen LogP contribution in [0.4, 0.5) is 23.2 Å². The quantitative estimate of drug-likeness (QED) is 0.408. The van der Waals surface area contributed by atoms with Gasteiger partial charge in [-0.3, -0.25) is 14.6 Å². The zero-order valence-corrected chi connectivity index (χ0v) is 19.6. The van der Waals surface area contributed by atoms with Crippen molar-refractivity contribution in [3.63, 3.8) is 0 Å². The second-order valence-corrected chi connectivity index (χ2v) is 8.80. The van der Waals surface area contributed by atoms with Crippen molar-refractivity contribution in [1.82, 2.24) is 4.98 Å². The summed E-state index contributed by atoms with van der Waals surface area (Å²) in [6.45, 7) is -0.150. The van der Waals surface area contributed by atoms with Crippen molar-refractivity contribution in [3.05, 3.63) is 88.0 Å². The number of halogens is 4. The molecule has 194 valence electrons. The third kappa shape index (κ3) is 6.23. The topological polar surface area (TPSA) is 120 Å². The highest BCUT2D eigenvalue weighted by atomic mass is 19.4. The van der Waals surface area contributed by atoms with Crippen molar-refractivity contribution in [3.8, 4) is 5.75 Å². The van der Waals surface area contributed by atoms with E-state index in [0.29, 0.717) is 24.0 Å². The highest BCUT2D eigenvalue weighted by Crippen LogP contribution is 2.34. The zero-order chi connectivity index (χ0) is 26.7. The SMILES string of the molecule is NCc1cc(NC(=O)C2CCc3cc(F)c(OCc4ccnc(C(N)=O)c4)cc3C2)cc(C(F)(F)F)c1.